The van der Waals surface area contributed by atoms with Gasteiger partial charge < -0.3 is 15.7 Å². The molecule has 3 N–H and O–H groups in total. The largest absolute Gasteiger partial charge is 0.394 e. The SMILES string of the molecule is CC(CNC(=O)NC(CO)c1ccccc1)N(C)Cc1ccccc1. The second-order valence-corrected chi connectivity index (χ2v) is 6.25. The fraction of sp³-hybridized carbons (Fsp3) is 0.350. The Labute approximate surface area is 149 Å². The van der Waals surface area contributed by atoms with Crippen molar-refractivity contribution in [2.24, 2.45) is 0 Å². The lowest BCUT2D eigenvalue weighted by molar-refractivity contribution is 0.208. The molecule has 0 bridgehead atoms. The van der Waals surface area contributed by atoms with Crippen molar-refractivity contribution >= 4 is 6.03 Å². The number of benzene rings is 2. The summed E-state index contributed by atoms with van der Waals surface area (Å²) in [4.78, 5) is 14.3. The van der Waals surface area contributed by atoms with Gasteiger partial charge in [0.15, 0.2) is 0 Å². The standard InChI is InChI=1S/C20H27N3O2/c1-16(23(2)14-17-9-5-3-6-10-17)13-21-20(25)22-19(15-24)18-11-7-4-8-12-18/h3-12,16,19,24H,13-15H2,1-2H3,(H2,21,22,25). The lowest BCUT2D eigenvalue weighted by Gasteiger charge is -2.25. The average molecular weight is 341 g/mol. The van der Waals surface area contributed by atoms with Crippen molar-refractivity contribution in [3.63, 3.8) is 0 Å². The zero-order chi connectivity index (χ0) is 18.1. The molecule has 0 aliphatic carbocycles. The smallest absolute Gasteiger partial charge is 0.315 e. The normalized spacial score (nSPS) is 13.3. The van der Waals surface area contributed by atoms with E-state index in [0.29, 0.717) is 6.54 Å². The van der Waals surface area contributed by atoms with E-state index in [1.54, 1.807) is 0 Å². The number of rotatable bonds is 8. The fourth-order valence-electron chi connectivity index (χ4n) is 2.55. The number of nitrogens with zero attached hydrogens (tertiary/aromatic N) is 1. The predicted molar refractivity (Wildman–Crippen MR) is 100 cm³/mol. The molecular formula is C20H27N3O2. The highest BCUT2D eigenvalue weighted by Gasteiger charge is 2.15. The number of nitrogens with one attached hydrogen (secondary N) is 2. The molecule has 2 amide bonds. The molecule has 2 atom stereocenters. The van der Waals surface area contributed by atoms with E-state index in [-0.39, 0.29) is 18.7 Å². The summed E-state index contributed by atoms with van der Waals surface area (Å²) >= 11 is 0. The van der Waals surface area contributed by atoms with Crippen molar-refractivity contribution in [3.05, 3.63) is 71.8 Å². The minimum atomic E-state index is -0.404. The molecular weight excluding hydrogens is 314 g/mol. The van der Waals surface area contributed by atoms with E-state index < -0.39 is 6.04 Å². The van der Waals surface area contributed by atoms with Gasteiger partial charge >= 0.3 is 6.03 Å². The summed E-state index contributed by atoms with van der Waals surface area (Å²) in [7, 11) is 2.04. The van der Waals surface area contributed by atoms with Crippen LogP contribution in [0.1, 0.15) is 24.1 Å². The molecule has 0 spiro atoms. The van der Waals surface area contributed by atoms with Crippen LogP contribution in [0.5, 0.6) is 0 Å². The van der Waals surface area contributed by atoms with Crippen LogP contribution in [0.25, 0.3) is 0 Å². The Kier molecular flexibility index (Phi) is 7.44. The maximum atomic E-state index is 12.1. The maximum absolute atomic E-state index is 12.1. The second-order valence-electron chi connectivity index (χ2n) is 6.25. The van der Waals surface area contributed by atoms with E-state index in [4.69, 9.17) is 0 Å². The Hall–Kier alpha value is -2.37. The zero-order valence-electron chi connectivity index (χ0n) is 14.9. The van der Waals surface area contributed by atoms with Crippen molar-refractivity contribution < 1.29 is 9.90 Å². The van der Waals surface area contributed by atoms with Gasteiger partial charge in [-0.05, 0) is 25.1 Å². The van der Waals surface area contributed by atoms with Gasteiger partial charge in [0.25, 0.3) is 0 Å². The number of hydrogen-bond donors (Lipinski definition) is 3. The van der Waals surface area contributed by atoms with Gasteiger partial charge in [0.1, 0.15) is 0 Å². The van der Waals surface area contributed by atoms with Crippen LogP contribution in [-0.2, 0) is 6.54 Å². The second kappa shape index (κ2) is 9.81. The Balaban J connectivity index is 1.78. The highest BCUT2D eigenvalue weighted by atomic mass is 16.3. The molecule has 2 aromatic carbocycles. The van der Waals surface area contributed by atoms with Crippen molar-refractivity contribution in [1.82, 2.24) is 15.5 Å². The predicted octanol–water partition coefficient (Wildman–Crippen LogP) is 2.54. The summed E-state index contributed by atoms with van der Waals surface area (Å²) in [5.41, 5.74) is 2.13. The third kappa shape index (κ3) is 6.21. The maximum Gasteiger partial charge on any atom is 0.315 e. The number of likely N-dealkylation sites (N-methyl/N-ethyl adjacent to an activating group) is 1. The quantitative estimate of drug-likeness (QED) is 0.691. The topological polar surface area (TPSA) is 64.6 Å². The van der Waals surface area contributed by atoms with E-state index in [2.05, 4.69) is 34.6 Å². The van der Waals surface area contributed by atoms with Crippen molar-refractivity contribution in [2.75, 3.05) is 20.2 Å². The summed E-state index contributed by atoms with van der Waals surface area (Å²) in [6, 6.07) is 19.2. The monoisotopic (exact) mass is 341 g/mol. The van der Waals surface area contributed by atoms with Gasteiger partial charge in [-0.15, -0.1) is 0 Å². The van der Waals surface area contributed by atoms with Crippen LogP contribution in [0.3, 0.4) is 0 Å². The number of aliphatic hydroxyl groups excluding tert-OH is 1. The molecule has 25 heavy (non-hydrogen) atoms. The molecule has 134 valence electrons. The Morgan fingerprint density at radius 3 is 2.28 bits per heavy atom. The van der Waals surface area contributed by atoms with Gasteiger partial charge in [0.2, 0.25) is 0 Å². The van der Waals surface area contributed by atoms with E-state index in [1.807, 2.05) is 55.6 Å². The van der Waals surface area contributed by atoms with E-state index in [9.17, 15) is 9.90 Å². The molecule has 2 unspecified atom stereocenters. The van der Waals surface area contributed by atoms with Crippen LogP contribution in [0.2, 0.25) is 0 Å². The molecule has 0 heterocycles. The van der Waals surface area contributed by atoms with Crippen molar-refractivity contribution in [3.8, 4) is 0 Å². The highest BCUT2D eigenvalue weighted by Crippen LogP contribution is 2.11. The number of carbonyl (C=O) groups excluding carboxylic acids is 1. The van der Waals surface area contributed by atoms with Gasteiger partial charge in [0, 0.05) is 19.1 Å². The van der Waals surface area contributed by atoms with Gasteiger partial charge in [0.05, 0.1) is 12.6 Å². The Bertz CT molecular complexity index is 634. The number of carbonyl (C=O) groups is 1. The third-order valence-electron chi connectivity index (χ3n) is 4.28. The average Bonchev–Trinajstić information content (AvgIpc) is 2.65. The summed E-state index contributed by atoms with van der Waals surface area (Å²) in [6.07, 6.45) is 0. The molecule has 0 fully saturated rings. The molecule has 0 aromatic heterocycles. The summed E-state index contributed by atoms with van der Waals surface area (Å²) in [6.45, 7) is 3.29. The first-order chi connectivity index (χ1) is 12.1. The lowest BCUT2D eigenvalue weighted by Crippen LogP contribution is -2.45. The molecule has 5 heteroatoms. The molecule has 0 aliphatic rings. The van der Waals surface area contributed by atoms with Gasteiger partial charge in [-0.3, -0.25) is 4.90 Å². The van der Waals surface area contributed by atoms with Crippen LogP contribution in [-0.4, -0.2) is 42.3 Å². The molecule has 2 rings (SSSR count). The Morgan fingerprint density at radius 2 is 1.68 bits per heavy atom. The van der Waals surface area contributed by atoms with Crippen LogP contribution in [0.15, 0.2) is 60.7 Å². The number of aliphatic hydroxyl groups is 1. The van der Waals surface area contributed by atoms with E-state index in [1.165, 1.54) is 5.56 Å². The van der Waals surface area contributed by atoms with Gasteiger partial charge in [-0.2, -0.15) is 0 Å². The zero-order valence-corrected chi connectivity index (χ0v) is 14.9. The first-order valence-electron chi connectivity index (χ1n) is 8.54. The first-order valence-corrected chi connectivity index (χ1v) is 8.54. The minimum absolute atomic E-state index is 0.138. The lowest BCUT2D eigenvalue weighted by atomic mass is 10.1. The summed E-state index contributed by atoms with van der Waals surface area (Å²) in [5, 5.41) is 15.2. The number of hydrogen-bond acceptors (Lipinski definition) is 3. The van der Waals surface area contributed by atoms with Crippen LogP contribution in [0, 0.1) is 0 Å². The number of amides is 2. The van der Waals surface area contributed by atoms with E-state index >= 15 is 0 Å². The van der Waals surface area contributed by atoms with Crippen molar-refractivity contribution in [2.45, 2.75) is 25.6 Å². The summed E-state index contributed by atoms with van der Waals surface area (Å²) in [5.74, 6) is 0. The molecule has 0 radical (unpaired) electrons. The van der Waals surface area contributed by atoms with E-state index in [0.717, 1.165) is 12.1 Å². The third-order valence-corrected chi connectivity index (χ3v) is 4.28. The Morgan fingerprint density at radius 1 is 1.08 bits per heavy atom. The molecule has 0 saturated heterocycles. The fourth-order valence-corrected chi connectivity index (χ4v) is 2.55. The molecule has 0 aliphatic heterocycles. The van der Waals surface area contributed by atoms with Crippen LogP contribution in [0.4, 0.5) is 4.79 Å². The summed E-state index contributed by atoms with van der Waals surface area (Å²) < 4.78 is 0. The van der Waals surface area contributed by atoms with Gasteiger partial charge in [-0.25, -0.2) is 4.79 Å². The molecule has 2 aromatic rings. The highest BCUT2D eigenvalue weighted by molar-refractivity contribution is 5.74. The molecule has 0 saturated carbocycles. The first kappa shape index (κ1) is 19.0. The van der Waals surface area contributed by atoms with Crippen molar-refractivity contribution in [1.29, 1.82) is 0 Å². The minimum Gasteiger partial charge on any atom is -0.394 e. The van der Waals surface area contributed by atoms with Crippen LogP contribution < -0.4 is 10.6 Å². The molecule has 5 nitrogen and oxygen atoms in total. The number of urea groups is 1. The van der Waals surface area contributed by atoms with Gasteiger partial charge in [-0.1, -0.05) is 60.7 Å². The van der Waals surface area contributed by atoms with Crippen LogP contribution >= 0.6 is 0 Å².